The topological polar surface area (TPSA) is 82.5 Å². The second-order valence-electron chi connectivity index (χ2n) is 7.74. The van der Waals surface area contributed by atoms with E-state index < -0.39 is 5.41 Å². The number of nitrogens with zero attached hydrogens (tertiary/aromatic N) is 1. The van der Waals surface area contributed by atoms with Crippen molar-refractivity contribution in [2.24, 2.45) is 5.92 Å². The Balaban J connectivity index is 2.02. The zero-order valence-corrected chi connectivity index (χ0v) is 17.9. The molecule has 29 heavy (non-hydrogen) atoms. The third-order valence-electron chi connectivity index (χ3n) is 5.06. The van der Waals surface area contributed by atoms with Crippen LogP contribution in [0.3, 0.4) is 0 Å². The SMILES string of the molecule is CNC(=O)C(C)(c1ccc(CC(C)C)cc1)c1nc(-c2ccc(O)c(O)c2)cs1. The lowest BCUT2D eigenvalue weighted by Gasteiger charge is -2.26. The first-order valence-corrected chi connectivity index (χ1v) is 10.4. The summed E-state index contributed by atoms with van der Waals surface area (Å²) < 4.78 is 0. The normalized spacial score (nSPS) is 13.3. The van der Waals surface area contributed by atoms with Crippen molar-refractivity contribution in [2.45, 2.75) is 32.6 Å². The summed E-state index contributed by atoms with van der Waals surface area (Å²) in [4.78, 5) is 17.6. The zero-order chi connectivity index (χ0) is 21.2. The quantitative estimate of drug-likeness (QED) is 0.524. The standard InChI is InChI=1S/C23H26N2O3S/c1-14(2)11-15-5-8-17(9-6-15)23(3,21(28)24-4)22-25-18(13-29-22)16-7-10-19(26)20(27)12-16/h5-10,12-14,26-27H,11H2,1-4H3,(H,24,28). The molecule has 2 aromatic carbocycles. The molecule has 152 valence electrons. The molecule has 0 aliphatic heterocycles. The van der Waals surface area contributed by atoms with Gasteiger partial charge in [0.2, 0.25) is 5.91 Å². The van der Waals surface area contributed by atoms with E-state index in [1.807, 2.05) is 24.4 Å². The van der Waals surface area contributed by atoms with Crippen LogP contribution in [0.2, 0.25) is 0 Å². The molecule has 0 aliphatic carbocycles. The second kappa shape index (κ2) is 8.25. The minimum absolute atomic E-state index is 0.136. The number of phenolic OH excluding ortho intramolecular Hbond substituents is 2. The summed E-state index contributed by atoms with van der Waals surface area (Å²) in [6.45, 7) is 6.24. The summed E-state index contributed by atoms with van der Waals surface area (Å²) in [7, 11) is 1.63. The van der Waals surface area contributed by atoms with E-state index in [1.54, 1.807) is 13.1 Å². The molecule has 0 spiro atoms. The summed E-state index contributed by atoms with van der Waals surface area (Å²) >= 11 is 1.40. The van der Waals surface area contributed by atoms with E-state index in [4.69, 9.17) is 4.98 Å². The van der Waals surface area contributed by atoms with Crippen LogP contribution in [0.25, 0.3) is 11.3 Å². The molecular weight excluding hydrogens is 384 g/mol. The lowest BCUT2D eigenvalue weighted by Crippen LogP contribution is -2.41. The summed E-state index contributed by atoms with van der Waals surface area (Å²) in [5.41, 5.74) is 2.50. The Kier molecular flexibility index (Phi) is 5.94. The predicted octanol–water partition coefficient (Wildman–Crippen LogP) is 4.47. The first-order valence-electron chi connectivity index (χ1n) is 9.55. The van der Waals surface area contributed by atoms with E-state index in [0.29, 0.717) is 22.2 Å². The molecule has 0 radical (unpaired) electrons. The van der Waals surface area contributed by atoms with Crippen molar-refractivity contribution in [3.05, 3.63) is 64.0 Å². The number of carbonyl (C=O) groups excluding carboxylic acids is 1. The van der Waals surface area contributed by atoms with Gasteiger partial charge in [-0.15, -0.1) is 11.3 Å². The molecule has 0 bridgehead atoms. The minimum atomic E-state index is -0.938. The molecule has 0 fully saturated rings. The van der Waals surface area contributed by atoms with Gasteiger partial charge in [-0.05, 0) is 48.6 Å². The van der Waals surface area contributed by atoms with Crippen LogP contribution in [0.5, 0.6) is 11.5 Å². The van der Waals surface area contributed by atoms with Gasteiger partial charge in [-0.2, -0.15) is 0 Å². The number of amides is 1. The van der Waals surface area contributed by atoms with Gasteiger partial charge >= 0.3 is 0 Å². The molecule has 1 atom stereocenters. The third-order valence-corrected chi connectivity index (χ3v) is 6.12. The number of nitrogens with one attached hydrogen (secondary N) is 1. The number of hydrogen-bond acceptors (Lipinski definition) is 5. The van der Waals surface area contributed by atoms with Crippen LogP contribution in [-0.2, 0) is 16.6 Å². The number of benzene rings is 2. The number of aromatic nitrogens is 1. The average Bonchev–Trinajstić information content (AvgIpc) is 3.19. The summed E-state index contributed by atoms with van der Waals surface area (Å²) in [5, 5.41) is 24.6. The fourth-order valence-corrected chi connectivity index (χ4v) is 4.38. The molecular formula is C23H26N2O3S. The molecule has 1 aromatic heterocycles. The van der Waals surface area contributed by atoms with Gasteiger partial charge in [0, 0.05) is 18.0 Å². The van der Waals surface area contributed by atoms with Crippen molar-refractivity contribution in [1.82, 2.24) is 10.3 Å². The molecule has 0 saturated carbocycles. The van der Waals surface area contributed by atoms with Crippen molar-refractivity contribution in [2.75, 3.05) is 7.05 Å². The Labute approximate surface area is 175 Å². The maximum Gasteiger partial charge on any atom is 0.237 e. The maximum atomic E-state index is 12.9. The van der Waals surface area contributed by atoms with Crippen molar-refractivity contribution in [3.8, 4) is 22.8 Å². The molecule has 3 rings (SSSR count). The van der Waals surface area contributed by atoms with Gasteiger partial charge in [-0.25, -0.2) is 4.98 Å². The number of rotatable bonds is 6. The molecule has 1 heterocycles. The molecule has 6 heteroatoms. The predicted molar refractivity (Wildman–Crippen MR) is 116 cm³/mol. The Hall–Kier alpha value is -2.86. The zero-order valence-electron chi connectivity index (χ0n) is 17.1. The van der Waals surface area contributed by atoms with Crippen LogP contribution >= 0.6 is 11.3 Å². The smallest absolute Gasteiger partial charge is 0.237 e. The highest BCUT2D eigenvalue weighted by atomic mass is 32.1. The van der Waals surface area contributed by atoms with Crippen LogP contribution in [0.1, 0.15) is 36.9 Å². The molecule has 5 nitrogen and oxygen atoms in total. The van der Waals surface area contributed by atoms with Crippen LogP contribution in [0, 0.1) is 5.92 Å². The van der Waals surface area contributed by atoms with Crippen LogP contribution < -0.4 is 5.32 Å². The summed E-state index contributed by atoms with van der Waals surface area (Å²) in [5.74, 6) is 0.0470. The summed E-state index contributed by atoms with van der Waals surface area (Å²) in [6, 6.07) is 12.7. The number of hydrogen-bond donors (Lipinski definition) is 3. The molecule has 1 unspecified atom stereocenters. The van der Waals surface area contributed by atoms with E-state index in [1.165, 1.54) is 29.0 Å². The van der Waals surface area contributed by atoms with Crippen LogP contribution in [0.15, 0.2) is 47.8 Å². The van der Waals surface area contributed by atoms with Gasteiger partial charge in [-0.3, -0.25) is 4.79 Å². The van der Waals surface area contributed by atoms with Gasteiger partial charge in [0.05, 0.1) is 5.69 Å². The van der Waals surface area contributed by atoms with E-state index in [-0.39, 0.29) is 17.4 Å². The molecule has 3 N–H and O–H groups in total. The molecule has 1 amide bonds. The number of likely N-dealkylation sites (N-methyl/N-ethyl adjacent to an activating group) is 1. The largest absolute Gasteiger partial charge is 0.504 e. The lowest BCUT2D eigenvalue weighted by atomic mass is 9.81. The highest BCUT2D eigenvalue weighted by molar-refractivity contribution is 7.10. The van der Waals surface area contributed by atoms with E-state index in [9.17, 15) is 15.0 Å². The van der Waals surface area contributed by atoms with Crippen LogP contribution in [0.4, 0.5) is 0 Å². The Morgan fingerprint density at radius 1 is 1.14 bits per heavy atom. The minimum Gasteiger partial charge on any atom is -0.504 e. The molecule has 3 aromatic rings. The Morgan fingerprint density at radius 2 is 1.83 bits per heavy atom. The first-order chi connectivity index (χ1) is 13.8. The van der Waals surface area contributed by atoms with Gasteiger partial charge in [0.25, 0.3) is 0 Å². The fourth-order valence-electron chi connectivity index (χ4n) is 3.37. The number of aromatic hydroxyl groups is 2. The maximum absolute atomic E-state index is 12.9. The van der Waals surface area contributed by atoms with E-state index in [0.717, 1.165) is 12.0 Å². The lowest BCUT2D eigenvalue weighted by molar-refractivity contribution is -0.124. The van der Waals surface area contributed by atoms with Gasteiger partial charge in [-0.1, -0.05) is 38.1 Å². The average molecular weight is 411 g/mol. The van der Waals surface area contributed by atoms with Crippen molar-refractivity contribution < 1.29 is 15.0 Å². The first kappa shape index (κ1) is 20.9. The van der Waals surface area contributed by atoms with Gasteiger partial charge in [0.1, 0.15) is 10.4 Å². The molecule has 0 aliphatic rings. The van der Waals surface area contributed by atoms with Gasteiger partial charge < -0.3 is 15.5 Å². The Morgan fingerprint density at radius 3 is 2.41 bits per heavy atom. The number of thiazole rings is 1. The third kappa shape index (κ3) is 4.12. The second-order valence-corrected chi connectivity index (χ2v) is 8.60. The number of carbonyl (C=O) groups is 1. The molecule has 0 saturated heterocycles. The van der Waals surface area contributed by atoms with E-state index >= 15 is 0 Å². The summed E-state index contributed by atoms with van der Waals surface area (Å²) in [6.07, 6.45) is 0.989. The fraction of sp³-hybridized carbons (Fsp3) is 0.304. The monoisotopic (exact) mass is 410 g/mol. The number of phenols is 2. The van der Waals surface area contributed by atoms with Crippen molar-refractivity contribution in [1.29, 1.82) is 0 Å². The highest BCUT2D eigenvalue weighted by Crippen LogP contribution is 2.38. The van der Waals surface area contributed by atoms with Crippen LogP contribution in [-0.4, -0.2) is 28.2 Å². The van der Waals surface area contributed by atoms with Crippen molar-refractivity contribution in [3.63, 3.8) is 0 Å². The van der Waals surface area contributed by atoms with Gasteiger partial charge in [0.15, 0.2) is 11.5 Å². The van der Waals surface area contributed by atoms with Crippen molar-refractivity contribution >= 4 is 17.2 Å². The van der Waals surface area contributed by atoms with E-state index in [2.05, 4.69) is 31.3 Å². The highest BCUT2D eigenvalue weighted by Gasteiger charge is 2.39. The Bertz CT molecular complexity index is 1010.